The molecule has 1 saturated heterocycles. The van der Waals surface area contributed by atoms with Crippen molar-refractivity contribution in [2.24, 2.45) is 0 Å². The van der Waals surface area contributed by atoms with Gasteiger partial charge in [-0.1, -0.05) is 48.0 Å². The highest BCUT2D eigenvalue weighted by molar-refractivity contribution is 6.30. The number of carbonyl (C=O) groups is 2. The molecule has 0 radical (unpaired) electrons. The normalized spacial score (nSPS) is 13.7. The average molecular weight is 507 g/mol. The molecule has 8 heteroatoms. The van der Waals surface area contributed by atoms with E-state index in [9.17, 15) is 9.59 Å². The molecule has 3 N–H and O–H groups in total. The Balaban J connectivity index is 1.29. The van der Waals surface area contributed by atoms with Crippen molar-refractivity contribution in [2.75, 3.05) is 37.0 Å². The van der Waals surface area contributed by atoms with Gasteiger partial charge in [-0.05, 0) is 61.2 Å². The number of hydrogen-bond acceptors (Lipinski definition) is 4. The van der Waals surface area contributed by atoms with Crippen LogP contribution in [0.3, 0.4) is 0 Å². The van der Waals surface area contributed by atoms with E-state index < -0.39 is 0 Å². The SMILES string of the molecule is COc1ccccc1CCNC(=O)c1ccccc1N1CCC(NC(=O)Nc2cccc(Cl)c2)CC1. The Kier molecular flexibility index (Phi) is 8.68. The van der Waals surface area contributed by atoms with Crippen molar-refractivity contribution in [3.8, 4) is 5.75 Å². The van der Waals surface area contributed by atoms with Crippen LogP contribution in [0.4, 0.5) is 16.2 Å². The van der Waals surface area contributed by atoms with Crippen molar-refractivity contribution < 1.29 is 14.3 Å². The van der Waals surface area contributed by atoms with Gasteiger partial charge in [0, 0.05) is 42.1 Å². The van der Waals surface area contributed by atoms with Crippen molar-refractivity contribution in [3.63, 3.8) is 0 Å². The number of hydrogen-bond donors (Lipinski definition) is 3. The maximum Gasteiger partial charge on any atom is 0.319 e. The third-order valence-electron chi connectivity index (χ3n) is 6.27. The van der Waals surface area contributed by atoms with Gasteiger partial charge in [-0.3, -0.25) is 4.79 Å². The summed E-state index contributed by atoms with van der Waals surface area (Å²) in [5, 5.41) is 9.48. The minimum Gasteiger partial charge on any atom is -0.496 e. The van der Waals surface area contributed by atoms with E-state index in [2.05, 4.69) is 20.9 Å². The van der Waals surface area contributed by atoms with Crippen molar-refractivity contribution in [2.45, 2.75) is 25.3 Å². The highest BCUT2D eigenvalue weighted by Gasteiger charge is 2.24. The van der Waals surface area contributed by atoms with Crippen LogP contribution in [0.1, 0.15) is 28.8 Å². The van der Waals surface area contributed by atoms with Gasteiger partial charge in [-0.25, -0.2) is 4.79 Å². The summed E-state index contributed by atoms with van der Waals surface area (Å²) >= 11 is 5.99. The fraction of sp³-hybridized carbons (Fsp3) is 0.286. The predicted molar refractivity (Wildman–Crippen MR) is 144 cm³/mol. The zero-order valence-electron chi connectivity index (χ0n) is 20.3. The van der Waals surface area contributed by atoms with Crippen LogP contribution in [0.15, 0.2) is 72.8 Å². The van der Waals surface area contributed by atoms with Crippen molar-refractivity contribution in [1.82, 2.24) is 10.6 Å². The molecule has 0 spiro atoms. The molecule has 0 aliphatic carbocycles. The number of anilines is 2. The lowest BCUT2D eigenvalue weighted by atomic mass is 10.0. The topological polar surface area (TPSA) is 82.7 Å². The van der Waals surface area contributed by atoms with Crippen LogP contribution in [0.2, 0.25) is 5.02 Å². The number of piperidine rings is 1. The van der Waals surface area contributed by atoms with Gasteiger partial charge < -0.3 is 25.6 Å². The highest BCUT2D eigenvalue weighted by atomic mass is 35.5. The fourth-order valence-corrected chi connectivity index (χ4v) is 4.63. The van der Waals surface area contributed by atoms with Crippen LogP contribution in [-0.2, 0) is 6.42 Å². The molecule has 1 aliphatic rings. The molecule has 3 aromatic rings. The van der Waals surface area contributed by atoms with Crippen LogP contribution in [0.25, 0.3) is 0 Å². The zero-order chi connectivity index (χ0) is 25.3. The average Bonchev–Trinajstić information content (AvgIpc) is 2.89. The summed E-state index contributed by atoms with van der Waals surface area (Å²) < 4.78 is 5.40. The summed E-state index contributed by atoms with van der Waals surface area (Å²) in [5.74, 6) is 0.728. The van der Waals surface area contributed by atoms with Gasteiger partial charge in [0.2, 0.25) is 0 Å². The monoisotopic (exact) mass is 506 g/mol. The van der Waals surface area contributed by atoms with Gasteiger partial charge in [-0.2, -0.15) is 0 Å². The Hall–Kier alpha value is -3.71. The van der Waals surface area contributed by atoms with E-state index in [0.29, 0.717) is 29.2 Å². The Morgan fingerprint density at radius 3 is 2.53 bits per heavy atom. The van der Waals surface area contributed by atoms with Gasteiger partial charge in [0.1, 0.15) is 5.75 Å². The molecule has 1 fully saturated rings. The molecule has 7 nitrogen and oxygen atoms in total. The third-order valence-corrected chi connectivity index (χ3v) is 6.51. The van der Waals surface area contributed by atoms with Crippen LogP contribution in [0.5, 0.6) is 5.75 Å². The maximum absolute atomic E-state index is 13.0. The summed E-state index contributed by atoms with van der Waals surface area (Å²) in [4.78, 5) is 27.6. The summed E-state index contributed by atoms with van der Waals surface area (Å²) in [6, 6.07) is 22.4. The van der Waals surface area contributed by atoms with Crippen molar-refractivity contribution in [3.05, 3.63) is 88.9 Å². The van der Waals surface area contributed by atoms with Gasteiger partial charge in [-0.15, -0.1) is 0 Å². The van der Waals surface area contributed by atoms with Crippen LogP contribution >= 0.6 is 11.6 Å². The summed E-state index contributed by atoms with van der Waals surface area (Å²) in [7, 11) is 1.65. The van der Waals surface area contributed by atoms with Crippen molar-refractivity contribution >= 4 is 34.9 Å². The minimum absolute atomic E-state index is 0.0577. The quantitative estimate of drug-likeness (QED) is 0.396. The lowest BCUT2D eigenvalue weighted by molar-refractivity contribution is 0.0954. The molecule has 36 heavy (non-hydrogen) atoms. The van der Waals surface area contributed by atoms with E-state index in [1.54, 1.807) is 31.4 Å². The standard InChI is InChI=1S/C28H31ClN4O3/c1-36-26-12-5-2-7-20(26)13-16-30-27(34)24-10-3-4-11-25(24)33-17-14-22(15-18-33)31-28(35)32-23-9-6-8-21(29)19-23/h2-12,19,22H,13-18H2,1H3,(H,30,34)(H2,31,32,35). The Morgan fingerprint density at radius 2 is 1.75 bits per heavy atom. The molecule has 3 aromatic carbocycles. The molecule has 1 aliphatic heterocycles. The lowest BCUT2D eigenvalue weighted by Gasteiger charge is -2.34. The Labute approximate surface area is 216 Å². The zero-order valence-corrected chi connectivity index (χ0v) is 21.1. The van der Waals surface area contributed by atoms with Crippen LogP contribution in [-0.4, -0.2) is 44.7 Å². The molecule has 0 bridgehead atoms. The van der Waals surface area contributed by atoms with Gasteiger partial charge in [0.15, 0.2) is 0 Å². The number of carbonyl (C=O) groups excluding carboxylic acids is 2. The first-order valence-corrected chi connectivity index (χ1v) is 12.5. The van der Waals surface area contributed by atoms with Gasteiger partial charge >= 0.3 is 6.03 Å². The number of benzene rings is 3. The number of nitrogens with one attached hydrogen (secondary N) is 3. The molecule has 0 aromatic heterocycles. The minimum atomic E-state index is -0.245. The largest absolute Gasteiger partial charge is 0.496 e. The first kappa shape index (κ1) is 25.4. The maximum atomic E-state index is 13.0. The number of rotatable bonds is 8. The number of para-hydroxylation sites is 2. The first-order valence-electron chi connectivity index (χ1n) is 12.1. The van der Waals surface area contributed by atoms with E-state index in [0.717, 1.165) is 42.9 Å². The Morgan fingerprint density at radius 1 is 1.00 bits per heavy atom. The molecule has 0 unspecified atom stereocenters. The van der Waals surface area contributed by atoms with E-state index in [4.69, 9.17) is 16.3 Å². The van der Waals surface area contributed by atoms with E-state index in [-0.39, 0.29) is 18.0 Å². The van der Waals surface area contributed by atoms with Crippen LogP contribution < -0.4 is 25.6 Å². The first-order chi connectivity index (χ1) is 17.5. The van der Waals surface area contributed by atoms with Gasteiger partial charge in [0.25, 0.3) is 5.91 Å². The molecule has 188 valence electrons. The molecule has 0 saturated carbocycles. The molecule has 3 amide bonds. The number of nitrogens with zero attached hydrogens (tertiary/aromatic N) is 1. The van der Waals surface area contributed by atoms with Crippen LogP contribution in [0, 0.1) is 0 Å². The number of urea groups is 1. The van der Waals surface area contributed by atoms with Gasteiger partial charge in [0.05, 0.1) is 12.7 Å². The van der Waals surface area contributed by atoms with E-state index in [1.807, 2.05) is 48.5 Å². The summed E-state index contributed by atoms with van der Waals surface area (Å²) in [5.41, 5.74) is 3.28. The second kappa shape index (κ2) is 12.3. The predicted octanol–water partition coefficient (Wildman–Crippen LogP) is 5.11. The molecular formula is C28H31ClN4O3. The second-order valence-corrected chi connectivity index (χ2v) is 9.14. The Bertz CT molecular complexity index is 1190. The smallest absolute Gasteiger partial charge is 0.319 e. The summed E-state index contributed by atoms with van der Waals surface area (Å²) in [6.45, 7) is 2.00. The molecular weight excluding hydrogens is 476 g/mol. The molecule has 0 atom stereocenters. The van der Waals surface area contributed by atoms with E-state index >= 15 is 0 Å². The summed E-state index contributed by atoms with van der Waals surface area (Å²) in [6.07, 6.45) is 2.26. The fourth-order valence-electron chi connectivity index (χ4n) is 4.44. The van der Waals surface area contributed by atoms with E-state index in [1.165, 1.54) is 0 Å². The number of methoxy groups -OCH3 is 1. The number of halogens is 1. The second-order valence-electron chi connectivity index (χ2n) is 8.71. The third kappa shape index (κ3) is 6.70. The number of amides is 3. The van der Waals surface area contributed by atoms with Crippen molar-refractivity contribution in [1.29, 1.82) is 0 Å². The lowest BCUT2D eigenvalue weighted by Crippen LogP contribution is -2.46. The number of ether oxygens (including phenoxy) is 1. The molecule has 4 rings (SSSR count). The highest BCUT2D eigenvalue weighted by Crippen LogP contribution is 2.25. The molecule has 1 heterocycles.